The maximum Gasteiger partial charge on any atom is 0.151 e. The molecule has 1 aliphatic heterocycles. The summed E-state index contributed by atoms with van der Waals surface area (Å²) in [4.78, 5) is 2.38. The number of piperidine rings is 1. The lowest BCUT2D eigenvalue weighted by Gasteiger charge is -2.37. The van der Waals surface area contributed by atoms with Crippen LogP contribution in [0.2, 0.25) is 0 Å². The van der Waals surface area contributed by atoms with E-state index in [0.717, 1.165) is 58.2 Å². The lowest BCUT2D eigenvalue weighted by Crippen LogP contribution is -2.48. The van der Waals surface area contributed by atoms with Gasteiger partial charge in [0.1, 0.15) is 0 Å². The van der Waals surface area contributed by atoms with Crippen molar-refractivity contribution in [3.63, 3.8) is 0 Å². The van der Waals surface area contributed by atoms with Crippen LogP contribution in [0, 0.1) is 0 Å². The van der Waals surface area contributed by atoms with Gasteiger partial charge >= 0.3 is 0 Å². The fourth-order valence-corrected chi connectivity index (χ4v) is 5.00. The van der Waals surface area contributed by atoms with E-state index in [1.165, 1.54) is 6.26 Å². The van der Waals surface area contributed by atoms with E-state index in [2.05, 4.69) is 4.90 Å². The van der Waals surface area contributed by atoms with Crippen molar-refractivity contribution in [2.75, 3.05) is 32.5 Å². The number of sulfone groups is 1. The standard InChI is InChI=1S/C14H28N2O3S/c1-20(17,18)14-5-2-4-13(14)16-9-6-12(7-10-16)19-11-3-8-15/h12-14H,2-11,15H2,1H3. The Labute approximate surface area is 122 Å². The summed E-state index contributed by atoms with van der Waals surface area (Å²) in [7, 11) is -2.92. The molecule has 2 fully saturated rings. The van der Waals surface area contributed by atoms with Crippen molar-refractivity contribution >= 4 is 9.84 Å². The first-order valence-corrected chi connectivity index (χ1v) is 9.72. The number of hydrogen-bond donors (Lipinski definition) is 1. The van der Waals surface area contributed by atoms with Gasteiger partial charge in [-0.1, -0.05) is 6.42 Å². The lowest BCUT2D eigenvalue weighted by atomic mass is 10.0. The van der Waals surface area contributed by atoms with Crippen LogP contribution < -0.4 is 5.73 Å². The molecule has 0 aromatic carbocycles. The summed E-state index contributed by atoms with van der Waals surface area (Å²) in [6.45, 7) is 3.35. The van der Waals surface area contributed by atoms with Crippen LogP contribution in [-0.2, 0) is 14.6 Å². The number of hydrogen-bond acceptors (Lipinski definition) is 5. The van der Waals surface area contributed by atoms with Gasteiger partial charge in [0.2, 0.25) is 0 Å². The van der Waals surface area contributed by atoms with Crippen LogP contribution in [0.3, 0.4) is 0 Å². The van der Waals surface area contributed by atoms with Crippen LogP contribution in [0.25, 0.3) is 0 Å². The Morgan fingerprint density at radius 2 is 1.90 bits per heavy atom. The van der Waals surface area contributed by atoms with E-state index in [9.17, 15) is 8.42 Å². The first kappa shape index (κ1) is 16.2. The number of nitrogens with two attached hydrogens (primary N) is 1. The average Bonchev–Trinajstić information content (AvgIpc) is 2.89. The highest BCUT2D eigenvalue weighted by molar-refractivity contribution is 7.91. The first-order valence-electron chi connectivity index (χ1n) is 7.77. The smallest absolute Gasteiger partial charge is 0.151 e. The molecule has 2 aliphatic rings. The molecule has 0 aromatic rings. The molecule has 1 saturated carbocycles. The van der Waals surface area contributed by atoms with E-state index < -0.39 is 9.84 Å². The molecule has 2 N–H and O–H groups in total. The highest BCUT2D eigenvalue weighted by atomic mass is 32.2. The van der Waals surface area contributed by atoms with Gasteiger partial charge < -0.3 is 10.5 Å². The Morgan fingerprint density at radius 3 is 2.50 bits per heavy atom. The van der Waals surface area contributed by atoms with Crippen LogP contribution in [0.15, 0.2) is 0 Å². The summed E-state index contributed by atoms with van der Waals surface area (Å²) in [6, 6.07) is 0.231. The molecule has 2 unspecified atom stereocenters. The summed E-state index contributed by atoms with van der Waals surface area (Å²) in [5.41, 5.74) is 5.46. The molecule has 0 amide bonds. The minimum absolute atomic E-state index is 0.155. The molecule has 0 aromatic heterocycles. The molecule has 5 nitrogen and oxygen atoms in total. The second kappa shape index (κ2) is 7.20. The zero-order chi connectivity index (χ0) is 14.6. The van der Waals surface area contributed by atoms with Crippen molar-refractivity contribution in [2.45, 2.75) is 55.9 Å². The Hall–Kier alpha value is -0.170. The third-order valence-corrected chi connectivity index (χ3v) is 6.26. The van der Waals surface area contributed by atoms with Gasteiger partial charge in [-0.3, -0.25) is 4.90 Å². The average molecular weight is 304 g/mol. The van der Waals surface area contributed by atoms with Crippen LogP contribution in [-0.4, -0.2) is 63.2 Å². The van der Waals surface area contributed by atoms with Gasteiger partial charge in [0.15, 0.2) is 9.84 Å². The van der Waals surface area contributed by atoms with Crippen molar-refractivity contribution in [1.82, 2.24) is 4.90 Å². The SMILES string of the molecule is CS(=O)(=O)C1CCCC1N1CCC(OCCCN)CC1. The molecular weight excluding hydrogens is 276 g/mol. The lowest BCUT2D eigenvalue weighted by molar-refractivity contribution is -0.00122. The minimum atomic E-state index is -2.92. The summed E-state index contributed by atoms with van der Waals surface area (Å²) in [5, 5.41) is -0.155. The summed E-state index contributed by atoms with van der Waals surface area (Å²) >= 11 is 0. The third kappa shape index (κ3) is 4.16. The summed E-state index contributed by atoms with van der Waals surface area (Å²) < 4.78 is 29.5. The van der Waals surface area contributed by atoms with Crippen molar-refractivity contribution in [2.24, 2.45) is 5.73 Å². The Bertz CT molecular complexity index is 391. The molecule has 2 rings (SSSR count). The molecule has 1 aliphatic carbocycles. The van der Waals surface area contributed by atoms with Gasteiger partial charge in [0, 0.05) is 32.0 Å². The Balaban J connectivity index is 1.81. The molecule has 1 saturated heterocycles. The van der Waals surface area contributed by atoms with Gasteiger partial charge in [-0.05, 0) is 38.6 Å². The predicted octanol–water partition coefficient (Wildman–Crippen LogP) is 0.782. The van der Waals surface area contributed by atoms with Gasteiger partial charge in [-0.2, -0.15) is 0 Å². The van der Waals surface area contributed by atoms with Gasteiger partial charge in [0.25, 0.3) is 0 Å². The fraction of sp³-hybridized carbons (Fsp3) is 1.00. The molecular formula is C14H28N2O3S. The van der Waals surface area contributed by atoms with Crippen LogP contribution in [0.4, 0.5) is 0 Å². The molecule has 20 heavy (non-hydrogen) atoms. The second-order valence-electron chi connectivity index (χ2n) is 6.11. The maximum absolute atomic E-state index is 11.9. The molecule has 0 radical (unpaired) electrons. The van der Waals surface area contributed by atoms with Gasteiger partial charge in [-0.15, -0.1) is 0 Å². The molecule has 1 heterocycles. The quantitative estimate of drug-likeness (QED) is 0.734. The van der Waals surface area contributed by atoms with Gasteiger partial charge in [0.05, 0.1) is 11.4 Å². The second-order valence-corrected chi connectivity index (χ2v) is 8.38. The summed E-state index contributed by atoms with van der Waals surface area (Å²) in [5.74, 6) is 0. The number of likely N-dealkylation sites (tertiary alicyclic amines) is 1. The Morgan fingerprint density at radius 1 is 1.20 bits per heavy atom. The normalized spacial score (nSPS) is 29.9. The number of rotatable bonds is 6. The molecule has 2 atom stereocenters. The van der Waals surface area contributed by atoms with Crippen LogP contribution >= 0.6 is 0 Å². The molecule has 0 bridgehead atoms. The highest BCUT2D eigenvalue weighted by Gasteiger charge is 2.39. The zero-order valence-electron chi connectivity index (χ0n) is 12.5. The van der Waals surface area contributed by atoms with Crippen LogP contribution in [0.1, 0.15) is 38.5 Å². The minimum Gasteiger partial charge on any atom is -0.378 e. The molecule has 118 valence electrons. The van der Waals surface area contributed by atoms with E-state index >= 15 is 0 Å². The highest BCUT2D eigenvalue weighted by Crippen LogP contribution is 2.31. The van der Waals surface area contributed by atoms with Gasteiger partial charge in [-0.25, -0.2) is 8.42 Å². The van der Waals surface area contributed by atoms with E-state index in [4.69, 9.17) is 10.5 Å². The number of ether oxygens (including phenoxy) is 1. The monoisotopic (exact) mass is 304 g/mol. The molecule has 6 heteroatoms. The maximum atomic E-state index is 11.9. The van der Waals surface area contributed by atoms with Crippen molar-refractivity contribution < 1.29 is 13.2 Å². The van der Waals surface area contributed by atoms with E-state index in [0.29, 0.717) is 12.6 Å². The molecule has 0 spiro atoms. The zero-order valence-corrected chi connectivity index (χ0v) is 13.3. The van der Waals surface area contributed by atoms with E-state index in [1.54, 1.807) is 0 Å². The van der Waals surface area contributed by atoms with Crippen LogP contribution in [0.5, 0.6) is 0 Å². The Kier molecular flexibility index (Phi) is 5.84. The van der Waals surface area contributed by atoms with Crippen molar-refractivity contribution in [3.8, 4) is 0 Å². The third-order valence-electron chi connectivity index (χ3n) is 4.62. The van der Waals surface area contributed by atoms with E-state index in [1.807, 2.05) is 0 Å². The largest absolute Gasteiger partial charge is 0.378 e. The topological polar surface area (TPSA) is 72.6 Å². The number of nitrogens with zero attached hydrogens (tertiary/aromatic N) is 1. The predicted molar refractivity (Wildman–Crippen MR) is 80.5 cm³/mol. The van der Waals surface area contributed by atoms with Crippen molar-refractivity contribution in [3.05, 3.63) is 0 Å². The fourth-order valence-electron chi connectivity index (χ4n) is 3.53. The first-order chi connectivity index (χ1) is 9.52. The van der Waals surface area contributed by atoms with Crippen molar-refractivity contribution in [1.29, 1.82) is 0 Å². The van der Waals surface area contributed by atoms with E-state index in [-0.39, 0.29) is 11.3 Å². The summed E-state index contributed by atoms with van der Waals surface area (Å²) in [6.07, 6.45) is 7.55.